The Morgan fingerprint density at radius 2 is 1.54 bits per heavy atom. The van der Waals surface area contributed by atoms with Crippen molar-refractivity contribution in [1.29, 1.82) is 0 Å². The smallest absolute Gasteiger partial charge is 0.261 e. The van der Waals surface area contributed by atoms with E-state index in [1.807, 2.05) is 12.1 Å². The molecule has 290 valence electrons. The van der Waals surface area contributed by atoms with Crippen molar-refractivity contribution in [1.82, 2.24) is 9.62 Å². The van der Waals surface area contributed by atoms with Crippen molar-refractivity contribution in [3.8, 4) is 5.75 Å². The first-order chi connectivity index (χ1) is 25.9. The minimum absolute atomic E-state index is 0.0546. The van der Waals surface area contributed by atoms with Gasteiger partial charge in [-0.15, -0.1) is 0 Å². The topological polar surface area (TPSA) is 112 Å². The molecule has 3 N–H and O–H groups in total. The van der Waals surface area contributed by atoms with Gasteiger partial charge in [0.05, 0.1) is 43.5 Å². The second-order valence-corrected chi connectivity index (χ2v) is 21.3. The molecule has 6 rings (SSSR count). The number of nitrogens with zero attached hydrogens (tertiary/aromatic N) is 1. The zero-order valence-corrected chi connectivity index (χ0v) is 33.8. The van der Waals surface area contributed by atoms with E-state index in [4.69, 9.17) is 36.0 Å². The van der Waals surface area contributed by atoms with E-state index in [-0.39, 0.29) is 41.0 Å². The number of nitrogens with two attached hydrogens (primary N) is 1. The molecule has 9 nitrogen and oxygen atoms in total. The molecule has 3 atom stereocenters. The van der Waals surface area contributed by atoms with Gasteiger partial charge < -0.3 is 24.4 Å². The maximum Gasteiger partial charge on any atom is 0.261 e. The Balaban J connectivity index is 1.18. The summed E-state index contributed by atoms with van der Waals surface area (Å²) in [5.74, 6) is 0.116. The summed E-state index contributed by atoms with van der Waals surface area (Å²) in [6.45, 7) is 10.2. The van der Waals surface area contributed by atoms with Gasteiger partial charge in [-0.05, 0) is 70.2 Å². The van der Waals surface area contributed by atoms with Crippen LogP contribution in [0.25, 0.3) is 0 Å². The van der Waals surface area contributed by atoms with Gasteiger partial charge in [0.1, 0.15) is 17.7 Å². The number of sulfonamides is 1. The van der Waals surface area contributed by atoms with Crippen LogP contribution in [-0.2, 0) is 30.3 Å². The standard InChI is InChI=1S/C41H51ClFN3O6SSi/c1-41(2,3)54(34-10-6-4-7-11-34,35-12-8-5-9-13-35)52-32-18-21-46(29-32)39-28-36-37(26-30(42)27-38(36)43)40(39)51-31-14-16-33(17-15-31)53(47,48)45-20-23-50-25-24-49-22-19-44/h4-17,26-27,32,39-40,45H,18-25,28-29,44H2,1-3H3/t32-,39+,40+/m1/s1. The highest BCUT2D eigenvalue weighted by Crippen LogP contribution is 2.43. The molecule has 0 amide bonds. The summed E-state index contributed by atoms with van der Waals surface area (Å²) in [7, 11) is -6.57. The molecular formula is C41H51ClFN3O6SSi. The van der Waals surface area contributed by atoms with Crippen molar-refractivity contribution < 1.29 is 31.4 Å². The van der Waals surface area contributed by atoms with Crippen LogP contribution >= 0.6 is 11.6 Å². The molecule has 4 aromatic carbocycles. The van der Waals surface area contributed by atoms with E-state index >= 15 is 4.39 Å². The monoisotopic (exact) mass is 795 g/mol. The third-order valence-electron chi connectivity index (χ3n) is 10.2. The van der Waals surface area contributed by atoms with Crippen LogP contribution in [0.5, 0.6) is 5.75 Å². The Hall–Kier alpha value is -3.17. The van der Waals surface area contributed by atoms with E-state index in [1.54, 1.807) is 18.2 Å². The zero-order chi connectivity index (χ0) is 38.3. The number of nitrogens with one attached hydrogen (secondary N) is 1. The first kappa shape index (κ1) is 40.5. The molecule has 13 heteroatoms. The molecule has 0 radical (unpaired) electrons. The van der Waals surface area contributed by atoms with Gasteiger partial charge >= 0.3 is 0 Å². The Kier molecular flexibility index (Phi) is 13.3. The average Bonchev–Trinajstić information content (AvgIpc) is 3.77. The third kappa shape index (κ3) is 9.09. The summed E-state index contributed by atoms with van der Waals surface area (Å²) in [5.41, 5.74) is 6.68. The molecule has 0 unspecified atom stereocenters. The van der Waals surface area contributed by atoms with Gasteiger partial charge in [-0.2, -0.15) is 0 Å². The van der Waals surface area contributed by atoms with Crippen LogP contribution in [0.3, 0.4) is 0 Å². The van der Waals surface area contributed by atoms with Gasteiger partial charge in [0.25, 0.3) is 8.32 Å². The van der Waals surface area contributed by atoms with E-state index in [0.29, 0.717) is 61.2 Å². The molecule has 1 fully saturated rings. The molecular weight excluding hydrogens is 745 g/mol. The van der Waals surface area contributed by atoms with Crippen LogP contribution in [0, 0.1) is 5.82 Å². The lowest BCUT2D eigenvalue weighted by Crippen LogP contribution is -2.67. The number of benzene rings is 4. The maximum absolute atomic E-state index is 15.5. The van der Waals surface area contributed by atoms with Crippen molar-refractivity contribution in [2.24, 2.45) is 5.73 Å². The SMILES string of the molecule is CC(C)(C)[Si](O[C@@H]1CCN([C@H]2Cc3c(F)cc(Cl)cc3[C@@H]2Oc2ccc(S(=O)(=O)NCCOCCOCCN)cc2)C1)(c1ccccc1)c1ccccc1. The molecule has 0 saturated carbocycles. The molecule has 54 heavy (non-hydrogen) atoms. The van der Waals surface area contributed by atoms with Gasteiger partial charge in [-0.3, -0.25) is 4.90 Å². The van der Waals surface area contributed by atoms with Gasteiger partial charge in [0.15, 0.2) is 0 Å². The normalized spacial score (nSPS) is 19.3. The Bertz CT molecular complexity index is 1900. The number of ether oxygens (including phenoxy) is 3. The number of likely N-dealkylation sites (tertiary alicyclic amines) is 1. The molecule has 0 bridgehead atoms. The van der Waals surface area contributed by atoms with Crippen LogP contribution in [0.1, 0.15) is 44.4 Å². The highest BCUT2D eigenvalue weighted by atomic mass is 35.5. The average molecular weight is 796 g/mol. The molecule has 1 aliphatic carbocycles. The van der Waals surface area contributed by atoms with E-state index < -0.39 is 24.4 Å². The molecule has 1 aliphatic heterocycles. The molecule has 0 aromatic heterocycles. The Morgan fingerprint density at radius 1 is 0.907 bits per heavy atom. The molecule has 1 saturated heterocycles. The van der Waals surface area contributed by atoms with Crippen molar-refractivity contribution in [3.63, 3.8) is 0 Å². The first-order valence-electron chi connectivity index (χ1n) is 18.6. The van der Waals surface area contributed by atoms with E-state index in [1.165, 1.54) is 28.6 Å². The second kappa shape index (κ2) is 17.7. The van der Waals surface area contributed by atoms with Crippen LogP contribution < -0.4 is 25.6 Å². The summed E-state index contributed by atoms with van der Waals surface area (Å²) in [5, 5.41) is 2.59. The summed E-state index contributed by atoms with van der Waals surface area (Å²) in [4.78, 5) is 2.46. The quantitative estimate of drug-likeness (QED) is 0.107. The van der Waals surface area contributed by atoms with Crippen molar-refractivity contribution in [2.75, 3.05) is 52.6 Å². The minimum Gasteiger partial charge on any atom is -0.484 e. The fourth-order valence-corrected chi connectivity index (χ4v) is 13.7. The van der Waals surface area contributed by atoms with E-state index in [2.05, 4.69) is 78.9 Å². The fourth-order valence-electron chi connectivity index (χ4n) is 7.75. The number of hydrogen-bond acceptors (Lipinski definition) is 8. The van der Waals surface area contributed by atoms with Crippen molar-refractivity contribution in [3.05, 3.63) is 119 Å². The number of rotatable bonds is 17. The molecule has 1 heterocycles. The van der Waals surface area contributed by atoms with Crippen LogP contribution in [0.2, 0.25) is 10.1 Å². The summed E-state index contributed by atoms with van der Waals surface area (Å²) < 4.78 is 68.8. The summed E-state index contributed by atoms with van der Waals surface area (Å²) in [6, 6.07) is 30.5. The highest BCUT2D eigenvalue weighted by Gasteiger charge is 2.53. The van der Waals surface area contributed by atoms with E-state index in [0.717, 1.165) is 13.0 Å². The maximum atomic E-state index is 15.5. The first-order valence-corrected chi connectivity index (χ1v) is 22.3. The van der Waals surface area contributed by atoms with Crippen LogP contribution in [-0.4, -0.2) is 86.4 Å². The Labute approximate surface area is 325 Å². The lowest BCUT2D eigenvalue weighted by atomic mass is 10.1. The minimum atomic E-state index is -3.78. The van der Waals surface area contributed by atoms with Gasteiger partial charge in [0.2, 0.25) is 10.0 Å². The fraction of sp³-hybridized carbons (Fsp3) is 0.415. The summed E-state index contributed by atoms with van der Waals surface area (Å²) >= 11 is 6.40. The van der Waals surface area contributed by atoms with Gasteiger partial charge in [0, 0.05) is 36.8 Å². The second-order valence-electron chi connectivity index (χ2n) is 14.8. The summed E-state index contributed by atoms with van der Waals surface area (Å²) in [6.07, 6.45) is 0.680. The lowest BCUT2D eigenvalue weighted by molar-refractivity contribution is 0.0530. The largest absolute Gasteiger partial charge is 0.484 e. The van der Waals surface area contributed by atoms with Crippen LogP contribution in [0.15, 0.2) is 102 Å². The number of halogens is 2. The Morgan fingerprint density at radius 3 is 2.15 bits per heavy atom. The molecule has 2 aliphatic rings. The van der Waals surface area contributed by atoms with E-state index in [9.17, 15) is 8.42 Å². The predicted octanol–water partition coefficient (Wildman–Crippen LogP) is 5.45. The van der Waals surface area contributed by atoms with Crippen molar-refractivity contribution >= 4 is 40.3 Å². The predicted molar refractivity (Wildman–Crippen MR) is 213 cm³/mol. The number of fused-ring (bicyclic) bond motifs is 1. The number of hydrogen-bond donors (Lipinski definition) is 2. The molecule has 4 aromatic rings. The van der Waals surface area contributed by atoms with Crippen molar-refractivity contribution in [2.45, 2.75) is 61.8 Å². The van der Waals surface area contributed by atoms with Gasteiger partial charge in [-0.25, -0.2) is 17.5 Å². The third-order valence-corrected chi connectivity index (χ3v) is 17.0. The molecule has 0 spiro atoms. The van der Waals surface area contributed by atoms with Gasteiger partial charge in [-0.1, -0.05) is 93.0 Å². The zero-order valence-electron chi connectivity index (χ0n) is 31.2. The highest BCUT2D eigenvalue weighted by molar-refractivity contribution is 7.89. The lowest BCUT2D eigenvalue weighted by Gasteiger charge is -2.44. The van der Waals surface area contributed by atoms with Crippen LogP contribution in [0.4, 0.5) is 4.39 Å².